The zero-order valence-electron chi connectivity index (χ0n) is 36.2. The van der Waals surface area contributed by atoms with Crippen LogP contribution in [-0.2, 0) is 34.7 Å². The van der Waals surface area contributed by atoms with Gasteiger partial charge in [-0.3, -0.25) is 14.6 Å². The number of carbonyl (C=O) groups is 1. The molecule has 0 atom stereocenters. The van der Waals surface area contributed by atoms with E-state index in [2.05, 4.69) is 75.0 Å². The number of amides is 1. The van der Waals surface area contributed by atoms with Crippen molar-refractivity contribution in [1.29, 1.82) is 0 Å². The van der Waals surface area contributed by atoms with Crippen LogP contribution >= 0.6 is 0 Å². The summed E-state index contributed by atoms with van der Waals surface area (Å²) in [4.78, 5) is 22.7. The average molecular weight is 846 g/mol. The van der Waals surface area contributed by atoms with Crippen LogP contribution in [0, 0.1) is 0 Å². The first-order valence-electron chi connectivity index (χ1n) is 20.1. The number of piperidine rings is 2. The molecule has 0 aliphatic carbocycles. The molecular formula is C38H83N7O7S3. The number of hydrogen-bond acceptors (Lipinski definition) is 11. The molecule has 0 radical (unpaired) electrons. The van der Waals surface area contributed by atoms with Crippen LogP contribution in [0.5, 0.6) is 0 Å². The molecule has 4 aliphatic rings. The summed E-state index contributed by atoms with van der Waals surface area (Å²) in [5, 5.41) is -0.273. The number of sulfone groups is 1. The molecule has 17 heteroatoms. The minimum absolute atomic E-state index is 0. The Bertz CT molecular complexity index is 1340. The third-order valence-corrected chi connectivity index (χ3v) is 16.4. The van der Waals surface area contributed by atoms with Gasteiger partial charge >= 0.3 is 0 Å². The maximum atomic E-state index is 11.9. The van der Waals surface area contributed by atoms with E-state index in [1.807, 2.05) is 11.8 Å². The Hall–Kier alpha value is -0.920. The van der Waals surface area contributed by atoms with Crippen LogP contribution in [-0.4, -0.2) is 204 Å². The quantitative estimate of drug-likeness (QED) is 0.338. The van der Waals surface area contributed by atoms with Crippen molar-refractivity contribution in [3.63, 3.8) is 0 Å². The van der Waals surface area contributed by atoms with Gasteiger partial charge in [-0.1, -0.05) is 14.4 Å². The van der Waals surface area contributed by atoms with Crippen molar-refractivity contribution in [2.75, 3.05) is 105 Å². The molecule has 0 spiro atoms. The first kappa shape index (κ1) is 54.1. The van der Waals surface area contributed by atoms with Crippen molar-refractivity contribution in [1.82, 2.24) is 33.1 Å². The minimum atomic E-state index is -3.04. The van der Waals surface area contributed by atoms with Crippen molar-refractivity contribution in [3.05, 3.63) is 0 Å². The van der Waals surface area contributed by atoms with E-state index in [0.29, 0.717) is 49.6 Å². The van der Waals surface area contributed by atoms with Crippen LogP contribution in [0.2, 0.25) is 0 Å². The lowest BCUT2D eigenvalue weighted by atomic mass is 10.1. The van der Waals surface area contributed by atoms with Gasteiger partial charge in [0.25, 0.3) is 0 Å². The van der Waals surface area contributed by atoms with Crippen LogP contribution < -0.4 is 0 Å². The molecule has 0 bridgehead atoms. The Kier molecular flexibility index (Phi) is 24.5. The molecule has 0 unspecified atom stereocenters. The molecule has 0 saturated carbocycles. The van der Waals surface area contributed by atoms with Crippen molar-refractivity contribution < 1.29 is 30.0 Å². The van der Waals surface area contributed by atoms with E-state index in [4.69, 9.17) is 0 Å². The fourth-order valence-corrected chi connectivity index (χ4v) is 10.4. The van der Waals surface area contributed by atoms with Crippen molar-refractivity contribution in [2.45, 2.75) is 137 Å². The van der Waals surface area contributed by atoms with E-state index < -0.39 is 29.9 Å². The number of carbonyl (C=O) groups excluding carboxylic acids is 1. The summed E-state index contributed by atoms with van der Waals surface area (Å²) in [6.45, 7) is 29.7. The summed E-state index contributed by atoms with van der Waals surface area (Å²) in [5.74, 6) is 0.295. The Morgan fingerprint density at radius 1 is 0.545 bits per heavy atom. The number of likely N-dealkylation sites (tertiary alicyclic amines) is 2. The largest absolute Gasteiger partial charge is 0.340 e. The molecule has 4 aliphatic heterocycles. The Balaban J connectivity index is 0.000000704. The molecule has 330 valence electrons. The topological polar surface area (TPSA) is 142 Å². The number of hydrogen-bond donors (Lipinski definition) is 0. The molecule has 4 rings (SSSR count). The zero-order chi connectivity index (χ0) is 41.6. The Labute approximate surface area is 339 Å². The van der Waals surface area contributed by atoms with Gasteiger partial charge in [0, 0.05) is 103 Å². The van der Waals surface area contributed by atoms with Gasteiger partial charge in [0.05, 0.1) is 16.8 Å². The number of rotatable bonds is 9. The summed E-state index contributed by atoms with van der Waals surface area (Å²) >= 11 is 0. The second-order valence-corrected chi connectivity index (χ2v) is 23.2. The summed E-state index contributed by atoms with van der Waals surface area (Å²) < 4.78 is 71.5. The van der Waals surface area contributed by atoms with E-state index >= 15 is 0 Å². The molecule has 0 aromatic rings. The van der Waals surface area contributed by atoms with Gasteiger partial charge < -0.3 is 14.7 Å². The first-order chi connectivity index (χ1) is 24.8. The predicted molar refractivity (Wildman–Crippen MR) is 230 cm³/mol. The Morgan fingerprint density at radius 3 is 1.13 bits per heavy atom. The maximum Gasteiger partial charge on any atom is 0.222 e. The molecule has 0 N–H and O–H groups in total. The lowest BCUT2D eigenvalue weighted by molar-refractivity contribution is -0.132. The van der Waals surface area contributed by atoms with Crippen LogP contribution in [0.1, 0.15) is 102 Å². The first-order valence-corrected chi connectivity index (χ1v) is 25.4. The monoisotopic (exact) mass is 846 g/mol. The van der Waals surface area contributed by atoms with E-state index in [-0.39, 0.29) is 17.9 Å². The number of nitrogens with zero attached hydrogens (tertiary/aromatic N) is 7. The summed E-state index contributed by atoms with van der Waals surface area (Å²) in [5.41, 5.74) is 0. The second-order valence-electron chi connectivity index (χ2n) is 16.5. The van der Waals surface area contributed by atoms with Gasteiger partial charge in [-0.05, 0) is 107 Å². The fraction of sp³-hybridized carbons (Fsp3) is 0.974. The highest BCUT2D eigenvalue weighted by Crippen LogP contribution is 2.21. The van der Waals surface area contributed by atoms with Gasteiger partial charge in [-0.2, -0.15) is 4.31 Å². The summed E-state index contributed by atoms with van der Waals surface area (Å²) in [6, 6.07) is 2.19. The summed E-state index contributed by atoms with van der Waals surface area (Å²) in [7, 11) is -5.58. The molecule has 4 saturated heterocycles. The molecule has 0 aromatic heterocycles. The average Bonchev–Trinajstić information content (AvgIpc) is 3.11. The van der Waals surface area contributed by atoms with Gasteiger partial charge in [-0.25, -0.2) is 29.6 Å². The van der Waals surface area contributed by atoms with Gasteiger partial charge in [0.15, 0.2) is 0 Å². The third kappa shape index (κ3) is 19.1. The maximum absolute atomic E-state index is 11.9. The van der Waals surface area contributed by atoms with Crippen LogP contribution in [0.15, 0.2) is 0 Å². The van der Waals surface area contributed by atoms with E-state index in [9.17, 15) is 30.0 Å². The van der Waals surface area contributed by atoms with Crippen LogP contribution in [0.3, 0.4) is 0 Å². The fourth-order valence-electron chi connectivity index (χ4n) is 7.07. The number of sulfonamides is 2. The standard InChI is InChI=1S/C10H22N2O2S.C10H20N2O.C9H19NO2S.C8H18N2O2S.CH4/c1-9(2)12-7-5-10(6-8-12)15(13,14)11(3)4;1-4-10(13)12-7-5-11(6-8-12)9(2)3;1-8(2)10-6-4-9(5-7-10)13(3,11)12;1-8(2)9-4-6-10(7-5-9)13(3,11)12;/h9-10H,5-8H2,1-4H3;9H,4-8H2,1-3H3;8-9H,4-7H2,1-3H3;8H,4-7H2,1-3H3;1H4. The number of piperazine rings is 2. The predicted octanol–water partition coefficient (Wildman–Crippen LogP) is 3.21. The molecule has 0 aromatic carbocycles. The van der Waals surface area contributed by atoms with Crippen molar-refractivity contribution in [2.24, 2.45) is 0 Å². The molecule has 14 nitrogen and oxygen atoms in total. The highest BCUT2D eigenvalue weighted by atomic mass is 32.2. The SMILES string of the molecule is C.CC(C)N1CCC(S(=O)(=O)N(C)C)CC1.CC(C)N1CCC(S(C)(=O)=O)CC1.CC(C)N1CCN(S(C)(=O)=O)CC1.CCC(=O)N1CCN(C(C)C)CC1. The Morgan fingerprint density at radius 2 is 0.855 bits per heavy atom. The van der Waals surface area contributed by atoms with Crippen LogP contribution in [0.25, 0.3) is 0 Å². The van der Waals surface area contributed by atoms with E-state index in [0.717, 1.165) is 91.1 Å². The molecular weight excluding hydrogens is 763 g/mol. The highest BCUT2D eigenvalue weighted by Gasteiger charge is 2.32. The minimum Gasteiger partial charge on any atom is -0.340 e. The van der Waals surface area contributed by atoms with Crippen molar-refractivity contribution in [3.8, 4) is 0 Å². The molecule has 1 amide bonds. The van der Waals surface area contributed by atoms with E-state index in [1.165, 1.54) is 16.8 Å². The summed E-state index contributed by atoms with van der Waals surface area (Å²) in [6.07, 6.45) is 6.40. The second kappa shape index (κ2) is 24.9. The normalized spacial score (nSPS) is 21.1. The van der Waals surface area contributed by atoms with Gasteiger partial charge in [0.1, 0.15) is 9.84 Å². The van der Waals surface area contributed by atoms with Gasteiger partial charge in [-0.15, -0.1) is 0 Å². The lowest BCUT2D eigenvalue weighted by Gasteiger charge is -2.36. The van der Waals surface area contributed by atoms with Crippen LogP contribution in [0.4, 0.5) is 0 Å². The smallest absolute Gasteiger partial charge is 0.222 e. The van der Waals surface area contributed by atoms with E-state index in [1.54, 1.807) is 18.4 Å². The molecule has 4 fully saturated rings. The highest BCUT2D eigenvalue weighted by molar-refractivity contribution is 7.91. The molecule has 55 heavy (non-hydrogen) atoms. The van der Waals surface area contributed by atoms with Crippen molar-refractivity contribution >= 4 is 35.8 Å². The molecule has 4 heterocycles. The van der Waals surface area contributed by atoms with Gasteiger partial charge in [0.2, 0.25) is 26.0 Å². The third-order valence-electron chi connectivity index (χ3n) is 11.1. The lowest BCUT2D eigenvalue weighted by Crippen LogP contribution is -2.50. The zero-order valence-corrected chi connectivity index (χ0v) is 38.6.